The highest BCUT2D eigenvalue weighted by molar-refractivity contribution is 5.79. The Morgan fingerprint density at radius 1 is 1.12 bits per heavy atom. The van der Waals surface area contributed by atoms with E-state index in [0.29, 0.717) is 24.0 Å². The molecule has 1 saturated carbocycles. The van der Waals surface area contributed by atoms with Crippen molar-refractivity contribution in [2.24, 2.45) is 5.41 Å². The number of carbonyl (C=O) groups is 1. The number of fused-ring (bicyclic) bond motifs is 1. The highest BCUT2D eigenvalue weighted by Gasteiger charge is 2.22. The molecule has 0 aliphatic heterocycles. The molecule has 176 valence electrons. The normalized spacial score (nSPS) is 14.9. The number of rotatable bonds is 6. The van der Waals surface area contributed by atoms with Gasteiger partial charge in [0.1, 0.15) is 17.2 Å². The highest BCUT2D eigenvalue weighted by atomic mass is 16.6. The SMILES string of the molecule is COc1cc(-c2nc3cc(C)ccn3c2NC2CCCCC2)ccc1OC(=O)CC(C)(C)C. The van der Waals surface area contributed by atoms with Crippen LogP contribution in [0.15, 0.2) is 36.5 Å². The number of imidazole rings is 1. The predicted octanol–water partition coefficient (Wildman–Crippen LogP) is 6.40. The molecule has 0 unspecified atom stereocenters. The summed E-state index contributed by atoms with van der Waals surface area (Å²) in [6, 6.07) is 10.3. The summed E-state index contributed by atoms with van der Waals surface area (Å²) in [6.45, 7) is 8.12. The number of nitrogens with zero attached hydrogens (tertiary/aromatic N) is 2. The van der Waals surface area contributed by atoms with Gasteiger partial charge in [-0.15, -0.1) is 0 Å². The summed E-state index contributed by atoms with van der Waals surface area (Å²) in [4.78, 5) is 17.3. The van der Waals surface area contributed by atoms with Crippen molar-refractivity contribution in [3.8, 4) is 22.8 Å². The van der Waals surface area contributed by atoms with Crippen molar-refractivity contribution >= 4 is 17.4 Å². The number of anilines is 1. The van der Waals surface area contributed by atoms with Crippen LogP contribution >= 0.6 is 0 Å². The number of methoxy groups -OCH3 is 1. The Hall–Kier alpha value is -3.02. The Balaban J connectivity index is 1.70. The molecule has 1 aliphatic rings. The van der Waals surface area contributed by atoms with Gasteiger partial charge in [0.05, 0.1) is 13.5 Å². The molecule has 4 rings (SSSR count). The van der Waals surface area contributed by atoms with E-state index in [1.165, 1.54) is 37.7 Å². The molecule has 3 aromatic rings. The van der Waals surface area contributed by atoms with E-state index in [9.17, 15) is 4.79 Å². The molecule has 0 atom stereocenters. The van der Waals surface area contributed by atoms with E-state index >= 15 is 0 Å². The van der Waals surface area contributed by atoms with Crippen LogP contribution in [0, 0.1) is 12.3 Å². The third-order valence-corrected chi connectivity index (χ3v) is 6.06. The average molecular weight is 450 g/mol. The van der Waals surface area contributed by atoms with Crippen LogP contribution in [0.25, 0.3) is 16.9 Å². The first kappa shape index (κ1) is 23.1. The largest absolute Gasteiger partial charge is 0.493 e. The number of ether oxygens (including phenoxy) is 2. The summed E-state index contributed by atoms with van der Waals surface area (Å²) in [6.07, 6.45) is 8.57. The molecule has 1 aromatic carbocycles. The first-order valence-corrected chi connectivity index (χ1v) is 11.9. The minimum absolute atomic E-state index is 0.140. The van der Waals surface area contributed by atoms with Crippen molar-refractivity contribution in [3.63, 3.8) is 0 Å². The topological polar surface area (TPSA) is 64.9 Å². The van der Waals surface area contributed by atoms with E-state index in [4.69, 9.17) is 14.5 Å². The standard InChI is InChI=1S/C27H35N3O3/c1-18-13-14-30-23(15-18)29-25(26(30)28-20-9-7-6-8-10-20)19-11-12-21(22(16-19)32-5)33-24(31)17-27(2,3)4/h11-16,20,28H,6-10,17H2,1-5H3. The number of aryl methyl sites for hydroxylation is 1. The van der Waals surface area contributed by atoms with Gasteiger partial charge in [0.25, 0.3) is 0 Å². The van der Waals surface area contributed by atoms with Crippen molar-refractivity contribution in [1.82, 2.24) is 9.38 Å². The highest BCUT2D eigenvalue weighted by Crippen LogP contribution is 2.37. The van der Waals surface area contributed by atoms with Crippen molar-refractivity contribution in [2.45, 2.75) is 72.3 Å². The van der Waals surface area contributed by atoms with Crippen LogP contribution in [0.5, 0.6) is 11.5 Å². The molecule has 6 heteroatoms. The Morgan fingerprint density at radius 2 is 1.88 bits per heavy atom. The van der Waals surface area contributed by atoms with Crippen LogP contribution in [0.1, 0.15) is 64.9 Å². The Labute approximate surface area is 196 Å². The van der Waals surface area contributed by atoms with E-state index in [2.05, 4.69) is 35.0 Å². The van der Waals surface area contributed by atoms with Gasteiger partial charge in [-0.25, -0.2) is 4.98 Å². The van der Waals surface area contributed by atoms with Crippen LogP contribution < -0.4 is 14.8 Å². The summed E-state index contributed by atoms with van der Waals surface area (Å²) in [7, 11) is 1.59. The van der Waals surface area contributed by atoms with E-state index < -0.39 is 0 Å². The number of hydrogen-bond acceptors (Lipinski definition) is 5. The second-order valence-electron chi connectivity index (χ2n) is 10.3. The molecular formula is C27H35N3O3. The van der Waals surface area contributed by atoms with Gasteiger partial charge in [-0.2, -0.15) is 0 Å². The zero-order valence-corrected chi connectivity index (χ0v) is 20.4. The van der Waals surface area contributed by atoms with Gasteiger partial charge < -0.3 is 14.8 Å². The molecule has 0 radical (unpaired) electrons. The van der Waals surface area contributed by atoms with Gasteiger partial charge >= 0.3 is 5.97 Å². The molecule has 0 bridgehead atoms. The smallest absolute Gasteiger partial charge is 0.311 e. The fraction of sp³-hybridized carbons (Fsp3) is 0.481. The van der Waals surface area contributed by atoms with Gasteiger partial charge in [0.15, 0.2) is 11.5 Å². The molecule has 6 nitrogen and oxygen atoms in total. The molecule has 0 amide bonds. The van der Waals surface area contributed by atoms with Crippen LogP contribution in [0.3, 0.4) is 0 Å². The molecule has 33 heavy (non-hydrogen) atoms. The Kier molecular flexibility index (Phi) is 6.63. The minimum Gasteiger partial charge on any atom is -0.493 e. The molecule has 0 spiro atoms. The molecule has 1 aliphatic carbocycles. The summed E-state index contributed by atoms with van der Waals surface area (Å²) in [5.74, 6) is 1.68. The van der Waals surface area contributed by atoms with E-state index in [0.717, 1.165) is 22.7 Å². The van der Waals surface area contributed by atoms with Crippen molar-refractivity contribution < 1.29 is 14.3 Å². The molecule has 2 aromatic heterocycles. The first-order valence-electron chi connectivity index (χ1n) is 11.9. The second kappa shape index (κ2) is 9.46. The van der Waals surface area contributed by atoms with Crippen LogP contribution in [0.4, 0.5) is 5.82 Å². The number of benzene rings is 1. The molecular weight excluding hydrogens is 414 g/mol. The lowest BCUT2D eigenvalue weighted by Crippen LogP contribution is -2.23. The van der Waals surface area contributed by atoms with Gasteiger partial charge in [-0.1, -0.05) is 40.0 Å². The summed E-state index contributed by atoms with van der Waals surface area (Å²) < 4.78 is 13.3. The van der Waals surface area contributed by atoms with Gasteiger partial charge in [0.2, 0.25) is 0 Å². The number of aromatic nitrogens is 2. The van der Waals surface area contributed by atoms with Crippen molar-refractivity contribution in [1.29, 1.82) is 0 Å². The van der Waals surface area contributed by atoms with E-state index in [1.54, 1.807) is 13.2 Å². The van der Waals surface area contributed by atoms with Crippen LogP contribution in [-0.4, -0.2) is 28.5 Å². The van der Waals surface area contributed by atoms with Gasteiger partial charge in [0, 0.05) is 17.8 Å². The van der Waals surface area contributed by atoms with Crippen molar-refractivity contribution in [2.75, 3.05) is 12.4 Å². The minimum atomic E-state index is -0.267. The summed E-state index contributed by atoms with van der Waals surface area (Å²) in [5.41, 5.74) is 3.72. The maximum absolute atomic E-state index is 12.4. The zero-order chi connectivity index (χ0) is 23.6. The first-order chi connectivity index (χ1) is 15.7. The van der Waals surface area contributed by atoms with Crippen LogP contribution in [0.2, 0.25) is 0 Å². The number of esters is 1. The van der Waals surface area contributed by atoms with Crippen molar-refractivity contribution in [3.05, 3.63) is 42.1 Å². The third kappa shape index (κ3) is 5.49. The quantitative estimate of drug-likeness (QED) is 0.348. The summed E-state index contributed by atoms with van der Waals surface area (Å²) >= 11 is 0. The third-order valence-electron chi connectivity index (χ3n) is 6.06. The average Bonchev–Trinajstić information content (AvgIpc) is 3.10. The fourth-order valence-corrected chi connectivity index (χ4v) is 4.42. The predicted molar refractivity (Wildman–Crippen MR) is 132 cm³/mol. The molecule has 1 fully saturated rings. The number of hydrogen-bond donors (Lipinski definition) is 1. The molecule has 0 saturated heterocycles. The lowest BCUT2D eigenvalue weighted by Gasteiger charge is -2.24. The fourth-order valence-electron chi connectivity index (χ4n) is 4.42. The maximum atomic E-state index is 12.4. The van der Waals surface area contributed by atoms with E-state index in [1.807, 2.05) is 32.9 Å². The monoisotopic (exact) mass is 449 g/mol. The zero-order valence-electron chi connectivity index (χ0n) is 20.4. The van der Waals surface area contributed by atoms with Gasteiger partial charge in [-0.3, -0.25) is 9.20 Å². The van der Waals surface area contributed by atoms with Gasteiger partial charge in [-0.05, 0) is 61.1 Å². The lowest BCUT2D eigenvalue weighted by molar-refractivity contribution is -0.136. The molecule has 1 N–H and O–H groups in total. The Bertz CT molecular complexity index is 1140. The summed E-state index contributed by atoms with van der Waals surface area (Å²) in [5, 5.41) is 3.77. The number of pyridine rings is 1. The lowest BCUT2D eigenvalue weighted by atomic mass is 9.92. The van der Waals surface area contributed by atoms with E-state index in [-0.39, 0.29) is 11.4 Å². The van der Waals surface area contributed by atoms with Crippen LogP contribution in [-0.2, 0) is 4.79 Å². The molecule has 2 heterocycles. The Morgan fingerprint density at radius 3 is 2.58 bits per heavy atom. The number of carbonyl (C=O) groups excluding carboxylic acids is 1. The number of nitrogens with one attached hydrogen (secondary N) is 1. The maximum Gasteiger partial charge on any atom is 0.311 e. The second-order valence-corrected chi connectivity index (χ2v) is 10.3.